The SMILES string of the molecule is O=C(NCc1cccc(Br)c1)C1CCN(c2cccc3ccccc23)C1=O. The molecule has 3 aromatic rings. The molecule has 1 N–H and O–H groups in total. The summed E-state index contributed by atoms with van der Waals surface area (Å²) in [6.45, 7) is 0.970. The number of fused-ring (bicyclic) bond motifs is 1. The van der Waals surface area contributed by atoms with Crippen molar-refractivity contribution in [1.29, 1.82) is 0 Å². The average Bonchev–Trinajstić information content (AvgIpc) is 3.07. The number of hydrogen-bond acceptors (Lipinski definition) is 2. The summed E-state index contributed by atoms with van der Waals surface area (Å²) in [7, 11) is 0. The van der Waals surface area contributed by atoms with Gasteiger partial charge in [0.05, 0.1) is 5.69 Å². The second-order valence-corrected chi connectivity index (χ2v) is 7.59. The molecule has 4 nitrogen and oxygen atoms in total. The van der Waals surface area contributed by atoms with E-state index in [0.29, 0.717) is 19.5 Å². The maximum absolute atomic E-state index is 12.9. The van der Waals surface area contributed by atoms with Crippen LogP contribution in [0.4, 0.5) is 5.69 Å². The third-order valence-corrected chi connectivity index (χ3v) is 5.43. The topological polar surface area (TPSA) is 49.4 Å². The number of amides is 2. The van der Waals surface area contributed by atoms with Gasteiger partial charge in [-0.25, -0.2) is 0 Å². The minimum atomic E-state index is -0.629. The molecular weight excluding hydrogens is 404 g/mol. The maximum atomic E-state index is 12.9. The molecule has 1 aliphatic rings. The molecule has 1 unspecified atom stereocenters. The van der Waals surface area contributed by atoms with E-state index in [1.54, 1.807) is 4.90 Å². The first-order chi connectivity index (χ1) is 13.1. The van der Waals surface area contributed by atoms with Gasteiger partial charge in [0.15, 0.2) is 0 Å². The van der Waals surface area contributed by atoms with Crippen molar-refractivity contribution in [2.45, 2.75) is 13.0 Å². The molecule has 1 aliphatic heterocycles. The lowest BCUT2D eigenvalue weighted by Gasteiger charge is -2.19. The van der Waals surface area contributed by atoms with Crippen LogP contribution in [-0.2, 0) is 16.1 Å². The predicted molar refractivity (Wildman–Crippen MR) is 110 cm³/mol. The van der Waals surface area contributed by atoms with Gasteiger partial charge in [-0.15, -0.1) is 0 Å². The van der Waals surface area contributed by atoms with Crippen LogP contribution in [0.5, 0.6) is 0 Å². The zero-order valence-electron chi connectivity index (χ0n) is 14.7. The molecule has 0 aromatic heterocycles. The molecule has 1 heterocycles. The van der Waals surface area contributed by atoms with Crippen molar-refractivity contribution in [3.05, 3.63) is 76.8 Å². The zero-order chi connectivity index (χ0) is 18.8. The molecule has 1 saturated heterocycles. The van der Waals surface area contributed by atoms with E-state index in [1.807, 2.05) is 66.7 Å². The second-order valence-electron chi connectivity index (χ2n) is 6.68. The summed E-state index contributed by atoms with van der Waals surface area (Å²) in [4.78, 5) is 27.2. The van der Waals surface area contributed by atoms with Gasteiger partial charge < -0.3 is 10.2 Å². The van der Waals surface area contributed by atoms with E-state index in [9.17, 15) is 9.59 Å². The fourth-order valence-electron chi connectivity index (χ4n) is 3.57. The van der Waals surface area contributed by atoms with Crippen LogP contribution in [-0.4, -0.2) is 18.4 Å². The smallest absolute Gasteiger partial charge is 0.239 e. The highest BCUT2D eigenvalue weighted by molar-refractivity contribution is 9.10. The standard InChI is InChI=1S/C22H19BrN2O2/c23-17-8-3-5-15(13-17)14-24-21(26)19-11-12-25(22(19)27)20-10-4-7-16-6-1-2-9-18(16)20/h1-10,13,19H,11-12,14H2,(H,24,26). The largest absolute Gasteiger partial charge is 0.351 e. The van der Waals surface area contributed by atoms with Crippen LogP contribution in [0, 0.1) is 5.92 Å². The molecule has 0 aliphatic carbocycles. The number of carbonyl (C=O) groups excluding carboxylic acids is 2. The molecule has 0 bridgehead atoms. The third-order valence-electron chi connectivity index (χ3n) is 4.94. The average molecular weight is 423 g/mol. The normalized spacial score (nSPS) is 16.7. The van der Waals surface area contributed by atoms with Crippen molar-refractivity contribution < 1.29 is 9.59 Å². The molecule has 1 atom stereocenters. The van der Waals surface area contributed by atoms with Crippen LogP contribution in [0.3, 0.4) is 0 Å². The lowest BCUT2D eigenvalue weighted by Crippen LogP contribution is -2.36. The fourth-order valence-corrected chi connectivity index (χ4v) is 4.01. The van der Waals surface area contributed by atoms with E-state index in [0.717, 1.165) is 26.5 Å². The van der Waals surface area contributed by atoms with Gasteiger partial charge in [-0.1, -0.05) is 64.5 Å². The number of rotatable bonds is 4. The second kappa shape index (κ2) is 7.53. The van der Waals surface area contributed by atoms with Crippen LogP contribution < -0.4 is 10.2 Å². The van der Waals surface area contributed by atoms with Gasteiger partial charge in [-0.3, -0.25) is 9.59 Å². The molecule has 2 amide bonds. The Bertz CT molecular complexity index is 1010. The first kappa shape index (κ1) is 17.7. The Morgan fingerprint density at radius 2 is 1.85 bits per heavy atom. The lowest BCUT2D eigenvalue weighted by molar-refractivity contribution is -0.132. The van der Waals surface area contributed by atoms with E-state index >= 15 is 0 Å². The minimum absolute atomic E-state index is 0.127. The van der Waals surface area contributed by atoms with Gasteiger partial charge in [0.25, 0.3) is 0 Å². The molecule has 0 spiro atoms. The summed E-state index contributed by atoms with van der Waals surface area (Å²) in [5.41, 5.74) is 1.87. The van der Waals surface area contributed by atoms with Crippen molar-refractivity contribution >= 4 is 44.2 Å². The van der Waals surface area contributed by atoms with Crippen molar-refractivity contribution in [2.24, 2.45) is 5.92 Å². The number of carbonyl (C=O) groups is 2. The summed E-state index contributed by atoms with van der Waals surface area (Å²) in [5.74, 6) is -0.961. The number of anilines is 1. The van der Waals surface area contributed by atoms with E-state index in [1.165, 1.54) is 0 Å². The van der Waals surface area contributed by atoms with Crippen LogP contribution in [0.1, 0.15) is 12.0 Å². The number of hydrogen-bond donors (Lipinski definition) is 1. The highest BCUT2D eigenvalue weighted by Gasteiger charge is 2.37. The molecule has 136 valence electrons. The summed E-state index contributed by atoms with van der Waals surface area (Å²) < 4.78 is 0.966. The monoisotopic (exact) mass is 422 g/mol. The summed E-state index contributed by atoms with van der Waals surface area (Å²) >= 11 is 3.42. The highest BCUT2D eigenvalue weighted by atomic mass is 79.9. The number of benzene rings is 3. The Morgan fingerprint density at radius 1 is 1.07 bits per heavy atom. The van der Waals surface area contributed by atoms with E-state index in [-0.39, 0.29) is 11.8 Å². The van der Waals surface area contributed by atoms with Crippen molar-refractivity contribution in [3.63, 3.8) is 0 Å². The molecule has 27 heavy (non-hydrogen) atoms. The van der Waals surface area contributed by atoms with Gasteiger partial charge in [-0.2, -0.15) is 0 Å². The minimum Gasteiger partial charge on any atom is -0.351 e. The van der Waals surface area contributed by atoms with Crippen LogP contribution in [0.2, 0.25) is 0 Å². The van der Waals surface area contributed by atoms with E-state index in [4.69, 9.17) is 0 Å². The summed E-state index contributed by atoms with van der Waals surface area (Å²) in [5, 5.41) is 5.02. The van der Waals surface area contributed by atoms with Gasteiger partial charge >= 0.3 is 0 Å². The molecular formula is C22H19BrN2O2. The molecule has 5 heteroatoms. The van der Waals surface area contributed by atoms with Gasteiger partial charge in [0.2, 0.25) is 11.8 Å². The Morgan fingerprint density at radius 3 is 2.70 bits per heavy atom. The van der Waals surface area contributed by atoms with Gasteiger partial charge in [0, 0.05) is 22.9 Å². The predicted octanol–water partition coefficient (Wildman–Crippen LogP) is 4.27. The fraction of sp³-hybridized carbons (Fsp3) is 0.182. The Labute approximate surface area is 166 Å². The third kappa shape index (κ3) is 3.60. The Kier molecular flexibility index (Phi) is 4.94. The number of nitrogens with one attached hydrogen (secondary N) is 1. The highest BCUT2D eigenvalue weighted by Crippen LogP contribution is 2.31. The van der Waals surface area contributed by atoms with E-state index in [2.05, 4.69) is 21.2 Å². The zero-order valence-corrected chi connectivity index (χ0v) is 16.3. The van der Waals surface area contributed by atoms with Crippen LogP contribution in [0.25, 0.3) is 10.8 Å². The van der Waals surface area contributed by atoms with Crippen molar-refractivity contribution in [2.75, 3.05) is 11.4 Å². The van der Waals surface area contributed by atoms with Crippen molar-refractivity contribution in [3.8, 4) is 0 Å². The molecule has 0 radical (unpaired) electrons. The quantitative estimate of drug-likeness (QED) is 0.638. The Hall–Kier alpha value is -2.66. The summed E-state index contributed by atoms with van der Waals surface area (Å²) in [6.07, 6.45) is 0.534. The Balaban J connectivity index is 1.49. The first-order valence-electron chi connectivity index (χ1n) is 8.95. The molecule has 0 saturated carbocycles. The van der Waals surface area contributed by atoms with E-state index < -0.39 is 5.92 Å². The molecule has 4 rings (SSSR count). The maximum Gasteiger partial charge on any atom is 0.239 e. The lowest BCUT2D eigenvalue weighted by atomic mass is 10.1. The van der Waals surface area contributed by atoms with Crippen LogP contribution in [0.15, 0.2) is 71.2 Å². The van der Waals surface area contributed by atoms with Crippen molar-refractivity contribution in [1.82, 2.24) is 5.32 Å². The van der Waals surface area contributed by atoms with Crippen LogP contribution >= 0.6 is 15.9 Å². The van der Waals surface area contributed by atoms with Gasteiger partial charge in [0.1, 0.15) is 5.92 Å². The molecule has 3 aromatic carbocycles. The number of halogens is 1. The first-order valence-corrected chi connectivity index (χ1v) is 9.74. The number of nitrogens with zero attached hydrogens (tertiary/aromatic N) is 1. The summed E-state index contributed by atoms with van der Waals surface area (Å²) in [6, 6.07) is 21.7. The molecule has 1 fully saturated rings. The van der Waals surface area contributed by atoms with Gasteiger partial charge in [-0.05, 0) is 35.6 Å².